The summed E-state index contributed by atoms with van der Waals surface area (Å²) in [6, 6.07) is 18.4. The van der Waals surface area contributed by atoms with E-state index in [1.54, 1.807) is 71.9 Å². The highest BCUT2D eigenvalue weighted by Crippen LogP contribution is 2.38. The molecule has 13 nitrogen and oxygen atoms in total. The van der Waals surface area contributed by atoms with Gasteiger partial charge < -0.3 is 19.1 Å². The summed E-state index contributed by atoms with van der Waals surface area (Å²) in [5, 5.41) is 4.82. The Hall–Kier alpha value is -5.85. The second-order valence-corrected chi connectivity index (χ2v) is 15.2. The number of carbonyl (C=O) groups is 6. The lowest BCUT2D eigenvalue weighted by Crippen LogP contribution is -2.47. The summed E-state index contributed by atoms with van der Waals surface area (Å²) in [5.41, 5.74) is 2.22. The number of esters is 1. The van der Waals surface area contributed by atoms with Crippen molar-refractivity contribution < 1.29 is 43.0 Å². The van der Waals surface area contributed by atoms with Crippen molar-refractivity contribution in [3.8, 4) is 5.75 Å². The van der Waals surface area contributed by atoms with Gasteiger partial charge in [-0.25, -0.2) is 19.4 Å². The molecule has 0 aliphatic heterocycles. The maximum absolute atomic E-state index is 13.5. The number of aryl methyl sites for hydroxylation is 1. The molecular weight excluding hydrogens is 692 g/mol. The maximum atomic E-state index is 13.5. The van der Waals surface area contributed by atoms with Crippen LogP contribution in [0.2, 0.25) is 0 Å². The van der Waals surface area contributed by atoms with Gasteiger partial charge in [0.1, 0.15) is 22.7 Å². The molecule has 3 aromatic carbocycles. The molecule has 0 bridgehead atoms. The predicted molar refractivity (Wildman–Crippen MR) is 202 cm³/mol. The van der Waals surface area contributed by atoms with E-state index in [4.69, 9.17) is 14.2 Å². The van der Waals surface area contributed by atoms with Gasteiger partial charge in [-0.05, 0) is 133 Å². The van der Waals surface area contributed by atoms with Crippen LogP contribution in [0.1, 0.15) is 112 Å². The molecule has 1 atom stereocenters. The highest BCUT2D eigenvalue weighted by Gasteiger charge is 2.28. The second-order valence-electron chi connectivity index (χ2n) is 15.2. The number of fused-ring (bicyclic) bond motifs is 1. The molecule has 13 heteroatoms. The van der Waals surface area contributed by atoms with Crippen LogP contribution in [0.3, 0.4) is 0 Å². The quantitative estimate of drug-likeness (QED) is 0.0719. The molecule has 286 valence electrons. The highest BCUT2D eigenvalue weighted by molar-refractivity contribution is 6.02. The SMILES string of the molecule is CC(=O)CN(Cc1cccc(C(C)=O)c1)C(=O)CC1CCc2cc(OC(=O)c3ccc(N=C(NC(=O)OC(C)(C)C)NC(=O)OC(C)(C)C)cc3)ccc21. The first-order valence-corrected chi connectivity index (χ1v) is 17.7. The summed E-state index contributed by atoms with van der Waals surface area (Å²) in [6.07, 6.45) is -0.0544. The summed E-state index contributed by atoms with van der Waals surface area (Å²) >= 11 is 0. The normalized spacial score (nSPS) is 13.5. The standard InChI is InChI=1S/C41H48N4O9/c1-25(46)23-45(24-27-10-9-11-29(20-27)26(2)47)35(48)22-31-13-12-30-21-33(18-19-34(30)31)52-36(49)28-14-16-32(17-15-28)42-37(43-38(50)53-40(3,4)5)44-39(51)54-41(6,7)8/h9-11,14-21,31H,12-13,22-24H2,1-8H3,(H2,42,43,44,50,51). The number of ether oxygens (including phenoxy) is 3. The number of amides is 3. The van der Waals surface area contributed by atoms with Crippen LogP contribution in [0, 0.1) is 0 Å². The summed E-state index contributed by atoms with van der Waals surface area (Å²) in [7, 11) is 0. The van der Waals surface area contributed by atoms with Crippen molar-refractivity contribution in [3.05, 3.63) is 94.5 Å². The van der Waals surface area contributed by atoms with Crippen LogP contribution in [-0.2, 0) is 32.0 Å². The topological polar surface area (TPSA) is 170 Å². The molecular formula is C41H48N4O9. The van der Waals surface area contributed by atoms with Crippen LogP contribution in [0.4, 0.5) is 15.3 Å². The lowest BCUT2D eigenvalue weighted by molar-refractivity contribution is -0.135. The summed E-state index contributed by atoms with van der Waals surface area (Å²) < 4.78 is 16.2. The van der Waals surface area contributed by atoms with Crippen molar-refractivity contribution in [2.75, 3.05) is 6.54 Å². The fourth-order valence-electron chi connectivity index (χ4n) is 5.76. The van der Waals surface area contributed by atoms with Crippen LogP contribution in [0.25, 0.3) is 0 Å². The third-order valence-corrected chi connectivity index (χ3v) is 8.00. The number of benzene rings is 3. The number of nitrogens with zero attached hydrogens (tertiary/aromatic N) is 2. The first kappa shape index (κ1) is 40.9. The largest absolute Gasteiger partial charge is 0.444 e. The lowest BCUT2D eigenvalue weighted by atomic mass is 9.96. The molecule has 0 saturated heterocycles. The minimum Gasteiger partial charge on any atom is -0.444 e. The summed E-state index contributed by atoms with van der Waals surface area (Å²) in [5.74, 6) is -0.937. The molecule has 0 spiro atoms. The Balaban J connectivity index is 1.41. The van der Waals surface area contributed by atoms with E-state index in [1.165, 1.54) is 43.0 Å². The van der Waals surface area contributed by atoms with Gasteiger partial charge >= 0.3 is 18.2 Å². The van der Waals surface area contributed by atoms with Crippen LogP contribution < -0.4 is 15.4 Å². The Labute approximate surface area is 315 Å². The number of alkyl carbamates (subject to hydrolysis) is 2. The minimum atomic E-state index is -0.840. The van der Waals surface area contributed by atoms with Gasteiger partial charge in [0, 0.05) is 18.5 Å². The zero-order chi connectivity index (χ0) is 39.8. The summed E-state index contributed by atoms with van der Waals surface area (Å²) in [6.45, 7) is 13.3. The average Bonchev–Trinajstić information content (AvgIpc) is 3.44. The van der Waals surface area contributed by atoms with E-state index < -0.39 is 29.4 Å². The fraction of sp³-hybridized carbons (Fsp3) is 0.390. The molecule has 0 saturated carbocycles. The van der Waals surface area contributed by atoms with Crippen molar-refractivity contribution >= 4 is 47.3 Å². The van der Waals surface area contributed by atoms with E-state index in [-0.39, 0.29) is 54.4 Å². The van der Waals surface area contributed by atoms with Gasteiger partial charge in [0.25, 0.3) is 0 Å². The third kappa shape index (κ3) is 12.7. The zero-order valence-corrected chi connectivity index (χ0v) is 32.0. The fourth-order valence-corrected chi connectivity index (χ4v) is 5.76. The van der Waals surface area contributed by atoms with Crippen LogP contribution in [0.15, 0.2) is 71.7 Å². The number of ketones is 2. The smallest absolute Gasteiger partial charge is 0.414 e. The van der Waals surface area contributed by atoms with E-state index in [0.717, 1.165) is 23.1 Å². The Morgan fingerprint density at radius 1 is 0.796 bits per heavy atom. The third-order valence-electron chi connectivity index (χ3n) is 8.00. The molecule has 0 radical (unpaired) electrons. The monoisotopic (exact) mass is 740 g/mol. The van der Waals surface area contributed by atoms with Gasteiger partial charge in [-0.1, -0.05) is 24.3 Å². The Morgan fingerprint density at radius 3 is 2.00 bits per heavy atom. The molecule has 0 fully saturated rings. The van der Waals surface area contributed by atoms with E-state index in [2.05, 4.69) is 15.6 Å². The number of Topliss-reactive ketones (excluding diaryl/α,β-unsaturated/α-hetero) is 2. The van der Waals surface area contributed by atoms with Crippen LogP contribution >= 0.6 is 0 Å². The van der Waals surface area contributed by atoms with Gasteiger partial charge in [-0.15, -0.1) is 0 Å². The summed E-state index contributed by atoms with van der Waals surface area (Å²) in [4.78, 5) is 81.2. The van der Waals surface area contributed by atoms with Crippen molar-refractivity contribution in [2.45, 2.75) is 98.3 Å². The predicted octanol–water partition coefficient (Wildman–Crippen LogP) is 7.18. The van der Waals surface area contributed by atoms with Crippen molar-refractivity contribution in [2.24, 2.45) is 4.99 Å². The van der Waals surface area contributed by atoms with Gasteiger partial charge in [0.05, 0.1) is 17.8 Å². The van der Waals surface area contributed by atoms with Gasteiger partial charge in [-0.3, -0.25) is 25.0 Å². The Kier molecular flexibility index (Phi) is 13.1. The van der Waals surface area contributed by atoms with E-state index in [9.17, 15) is 28.8 Å². The van der Waals surface area contributed by atoms with E-state index in [1.807, 2.05) is 12.1 Å². The molecule has 0 aromatic heterocycles. The van der Waals surface area contributed by atoms with Crippen molar-refractivity contribution in [3.63, 3.8) is 0 Å². The maximum Gasteiger partial charge on any atom is 0.414 e. The van der Waals surface area contributed by atoms with Gasteiger partial charge in [-0.2, -0.15) is 0 Å². The number of nitrogens with one attached hydrogen (secondary N) is 2. The van der Waals surface area contributed by atoms with E-state index >= 15 is 0 Å². The zero-order valence-electron chi connectivity index (χ0n) is 32.0. The first-order chi connectivity index (χ1) is 25.2. The molecule has 0 heterocycles. The van der Waals surface area contributed by atoms with Gasteiger partial charge in [0.2, 0.25) is 11.9 Å². The minimum absolute atomic E-state index is 0.0297. The number of guanidine groups is 1. The van der Waals surface area contributed by atoms with Crippen molar-refractivity contribution in [1.82, 2.24) is 15.5 Å². The Bertz CT molecular complexity index is 1910. The number of rotatable bonds is 10. The number of hydrogen-bond donors (Lipinski definition) is 2. The molecule has 2 N–H and O–H groups in total. The Morgan fingerprint density at radius 2 is 1.43 bits per heavy atom. The molecule has 54 heavy (non-hydrogen) atoms. The van der Waals surface area contributed by atoms with E-state index in [0.29, 0.717) is 23.4 Å². The van der Waals surface area contributed by atoms with Crippen LogP contribution in [-0.4, -0.2) is 64.2 Å². The average molecular weight is 741 g/mol. The van der Waals surface area contributed by atoms with Crippen molar-refractivity contribution in [1.29, 1.82) is 0 Å². The van der Waals surface area contributed by atoms with Gasteiger partial charge in [0.15, 0.2) is 5.78 Å². The first-order valence-electron chi connectivity index (χ1n) is 17.7. The number of carbonyl (C=O) groups excluding carboxylic acids is 6. The molecule has 1 aliphatic rings. The van der Waals surface area contributed by atoms with Crippen LogP contribution in [0.5, 0.6) is 5.75 Å². The second kappa shape index (κ2) is 17.3. The molecule has 4 rings (SSSR count). The molecule has 1 aliphatic carbocycles. The molecule has 3 amide bonds. The lowest BCUT2D eigenvalue weighted by Gasteiger charge is -2.24. The molecule has 3 aromatic rings. The number of aliphatic imine (C=N–C) groups is 1. The highest BCUT2D eigenvalue weighted by atomic mass is 16.6. The molecule has 1 unspecified atom stereocenters. The number of hydrogen-bond acceptors (Lipinski definition) is 10.